The maximum absolute atomic E-state index is 11.9. The van der Waals surface area contributed by atoms with Gasteiger partial charge in [-0.05, 0) is 19.8 Å². The Morgan fingerprint density at radius 3 is 2.44 bits per heavy atom. The van der Waals surface area contributed by atoms with Crippen LogP contribution in [0.2, 0.25) is 0 Å². The van der Waals surface area contributed by atoms with Gasteiger partial charge in [-0.25, -0.2) is 4.79 Å². The number of carbonyl (C=O) groups is 1. The molecule has 4 atom stereocenters. The predicted molar refractivity (Wildman–Crippen MR) is 58.0 cm³/mol. The average Bonchev–Trinajstić information content (AvgIpc) is 2.79. The Bertz CT molecular complexity index is 314. The third-order valence-corrected chi connectivity index (χ3v) is 3.92. The molecule has 2 saturated heterocycles. The van der Waals surface area contributed by atoms with Crippen molar-refractivity contribution in [2.75, 3.05) is 7.11 Å². The molecule has 2 heterocycles. The minimum atomic E-state index is -0.800. The number of rotatable bonds is 2. The lowest BCUT2D eigenvalue weighted by Crippen LogP contribution is -2.43. The molecule has 1 spiro atoms. The standard InChI is InChI=1S/C12H20O4/c1-7(2)12(10(13)14-5)11(16-12)6-8(3)15-9(11)4/h7-9H,6H2,1-5H3. The van der Waals surface area contributed by atoms with Gasteiger partial charge < -0.3 is 14.2 Å². The summed E-state index contributed by atoms with van der Waals surface area (Å²) in [4.78, 5) is 11.9. The van der Waals surface area contributed by atoms with Crippen molar-refractivity contribution in [2.45, 2.75) is 57.5 Å². The fraction of sp³-hybridized carbons (Fsp3) is 0.917. The van der Waals surface area contributed by atoms with E-state index < -0.39 is 11.2 Å². The van der Waals surface area contributed by atoms with Crippen molar-refractivity contribution < 1.29 is 19.0 Å². The molecule has 4 heteroatoms. The van der Waals surface area contributed by atoms with Crippen LogP contribution in [0.4, 0.5) is 0 Å². The molecule has 0 aromatic carbocycles. The molecule has 0 radical (unpaired) electrons. The molecule has 0 aliphatic carbocycles. The van der Waals surface area contributed by atoms with E-state index in [-0.39, 0.29) is 24.1 Å². The van der Waals surface area contributed by atoms with Gasteiger partial charge in [0.1, 0.15) is 5.60 Å². The normalized spacial score (nSPS) is 46.4. The molecular weight excluding hydrogens is 208 g/mol. The topological polar surface area (TPSA) is 48.1 Å². The van der Waals surface area contributed by atoms with Crippen LogP contribution in [-0.2, 0) is 19.0 Å². The zero-order valence-electron chi connectivity index (χ0n) is 10.6. The summed E-state index contributed by atoms with van der Waals surface area (Å²) >= 11 is 0. The molecule has 4 unspecified atom stereocenters. The van der Waals surface area contributed by atoms with Crippen LogP contribution in [0.5, 0.6) is 0 Å². The average molecular weight is 228 g/mol. The fourth-order valence-electron chi connectivity index (χ4n) is 3.15. The van der Waals surface area contributed by atoms with Gasteiger partial charge in [-0.3, -0.25) is 0 Å². The molecule has 2 aliphatic rings. The molecule has 0 aromatic rings. The molecule has 0 aromatic heterocycles. The van der Waals surface area contributed by atoms with Crippen LogP contribution in [0, 0.1) is 5.92 Å². The number of hydrogen-bond donors (Lipinski definition) is 0. The number of carbonyl (C=O) groups excluding carboxylic acids is 1. The van der Waals surface area contributed by atoms with Crippen molar-refractivity contribution in [3.8, 4) is 0 Å². The summed E-state index contributed by atoms with van der Waals surface area (Å²) < 4.78 is 16.4. The third-order valence-electron chi connectivity index (χ3n) is 3.92. The Balaban J connectivity index is 2.31. The van der Waals surface area contributed by atoms with Crippen molar-refractivity contribution >= 4 is 5.97 Å². The summed E-state index contributed by atoms with van der Waals surface area (Å²) in [6.07, 6.45) is 0.853. The van der Waals surface area contributed by atoms with Crippen molar-refractivity contribution in [2.24, 2.45) is 5.92 Å². The highest BCUT2D eigenvalue weighted by Crippen LogP contribution is 2.61. The quantitative estimate of drug-likeness (QED) is 0.531. The van der Waals surface area contributed by atoms with E-state index in [0.29, 0.717) is 0 Å². The molecule has 0 amide bonds. The third kappa shape index (κ3) is 1.20. The molecular formula is C12H20O4. The second-order valence-electron chi connectivity index (χ2n) is 5.17. The minimum Gasteiger partial charge on any atom is -0.467 e. The van der Waals surface area contributed by atoms with Gasteiger partial charge in [0.2, 0.25) is 0 Å². The highest BCUT2D eigenvalue weighted by atomic mass is 16.7. The van der Waals surface area contributed by atoms with Gasteiger partial charge in [-0.1, -0.05) is 13.8 Å². The maximum Gasteiger partial charge on any atom is 0.341 e. The van der Waals surface area contributed by atoms with Crippen molar-refractivity contribution in [1.29, 1.82) is 0 Å². The van der Waals surface area contributed by atoms with E-state index in [0.717, 1.165) is 6.42 Å². The molecule has 4 nitrogen and oxygen atoms in total. The van der Waals surface area contributed by atoms with Crippen LogP contribution in [0.15, 0.2) is 0 Å². The van der Waals surface area contributed by atoms with Gasteiger partial charge in [-0.15, -0.1) is 0 Å². The van der Waals surface area contributed by atoms with Crippen LogP contribution < -0.4 is 0 Å². The SMILES string of the molecule is COC(=O)C1(C(C)C)OC12CC(C)OC2C. The Morgan fingerprint density at radius 1 is 1.44 bits per heavy atom. The highest BCUT2D eigenvalue weighted by molar-refractivity contribution is 5.85. The van der Waals surface area contributed by atoms with E-state index in [1.165, 1.54) is 7.11 Å². The van der Waals surface area contributed by atoms with Crippen LogP contribution in [0.1, 0.15) is 34.1 Å². The Labute approximate surface area is 96.2 Å². The molecule has 92 valence electrons. The minimum absolute atomic E-state index is 0.0519. The molecule has 2 rings (SSSR count). The van der Waals surface area contributed by atoms with Crippen molar-refractivity contribution in [3.05, 3.63) is 0 Å². The van der Waals surface area contributed by atoms with Gasteiger partial charge in [0.15, 0.2) is 5.60 Å². The van der Waals surface area contributed by atoms with Gasteiger partial charge in [0.05, 0.1) is 19.3 Å². The summed E-state index contributed by atoms with van der Waals surface area (Å²) in [6, 6.07) is 0. The van der Waals surface area contributed by atoms with Gasteiger partial charge in [-0.2, -0.15) is 0 Å². The summed E-state index contributed by atoms with van der Waals surface area (Å²) in [6.45, 7) is 7.95. The molecule has 2 aliphatic heterocycles. The van der Waals surface area contributed by atoms with E-state index in [1.807, 2.05) is 27.7 Å². The molecule has 2 fully saturated rings. The Kier molecular flexibility index (Phi) is 2.55. The van der Waals surface area contributed by atoms with E-state index in [1.54, 1.807) is 0 Å². The number of epoxide rings is 1. The van der Waals surface area contributed by atoms with Crippen LogP contribution in [-0.4, -0.2) is 36.5 Å². The molecule has 16 heavy (non-hydrogen) atoms. The van der Waals surface area contributed by atoms with Gasteiger partial charge in [0.25, 0.3) is 0 Å². The highest BCUT2D eigenvalue weighted by Gasteiger charge is 2.81. The lowest BCUT2D eigenvalue weighted by Gasteiger charge is -2.19. The summed E-state index contributed by atoms with van der Waals surface area (Å²) in [7, 11) is 1.41. The van der Waals surface area contributed by atoms with Gasteiger partial charge >= 0.3 is 5.97 Å². The summed E-state index contributed by atoms with van der Waals surface area (Å²) in [5.74, 6) is -0.177. The molecule has 0 bridgehead atoms. The smallest absolute Gasteiger partial charge is 0.341 e. The van der Waals surface area contributed by atoms with E-state index in [2.05, 4.69) is 0 Å². The largest absolute Gasteiger partial charge is 0.467 e. The number of methoxy groups -OCH3 is 1. The Morgan fingerprint density at radius 2 is 2.06 bits per heavy atom. The predicted octanol–water partition coefficient (Wildman–Crippen LogP) is 1.52. The number of esters is 1. The second-order valence-corrected chi connectivity index (χ2v) is 5.17. The van der Waals surface area contributed by atoms with Crippen LogP contribution in [0.3, 0.4) is 0 Å². The zero-order chi connectivity index (χ0) is 12.1. The van der Waals surface area contributed by atoms with Crippen molar-refractivity contribution in [3.63, 3.8) is 0 Å². The lowest BCUT2D eigenvalue weighted by atomic mass is 9.79. The number of ether oxygens (including phenoxy) is 3. The molecule has 0 N–H and O–H groups in total. The van der Waals surface area contributed by atoms with E-state index in [9.17, 15) is 4.79 Å². The first kappa shape index (κ1) is 11.9. The second kappa shape index (κ2) is 3.44. The maximum atomic E-state index is 11.9. The van der Waals surface area contributed by atoms with Crippen LogP contribution >= 0.6 is 0 Å². The lowest BCUT2D eigenvalue weighted by molar-refractivity contribution is -0.148. The van der Waals surface area contributed by atoms with E-state index >= 15 is 0 Å². The first-order chi connectivity index (χ1) is 7.40. The van der Waals surface area contributed by atoms with E-state index in [4.69, 9.17) is 14.2 Å². The van der Waals surface area contributed by atoms with Crippen molar-refractivity contribution in [1.82, 2.24) is 0 Å². The zero-order valence-corrected chi connectivity index (χ0v) is 10.6. The monoisotopic (exact) mass is 228 g/mol. The summed E-state index contributed by atoms with van der Waals surface area (Å²) in [5, 5.41) is 0. The Hall–Kier alpha value is -0.610. The first-order valence-corrected chi connectivity index (χ1v) is 5.84. The molecule has 0 saturated carbocycles. The van der Waals surface area contributed by atoms with Crippen LogP contribution in [0.25, 0.3) is 0 Å². The summed E-state index contributed by atoms with van der Waals surface area (Å²) in [5.41, 5.74) is -1.26. The van der Waals surface area contributed by atoms with Gasteiger partial charge in [0, 0.05) is 6.42 Å². The number of hydrogen-bond acceptors (Lipinski definition) is 4. The fourth-order valence-corrected chi connectivity index (χ4v) is 3.15. The first-order valence-electron chi connectivity index (χ1n) is 5.84.